The van der Waals surface area contributed by atoms with Gasteiger partial charge in [-0.2, -0.15) is 0 Å². The fourth-order valence-corrected chi connectivity index (χ4v) is 2.59. The van der Waals surface area contributed by atoms with Gasteiger partial charge in [0.1, 0.15) is 11.5 Å². The highest BCUT2D eigenvalue weighted by Crippen LogP contribution is 2.17. The molecule has 8 nitrogen and oxygen atoms in total. The largest absolute Gasteiger partial charge is 0.382 e. The number of nitrogens with one attached hydrogen (secondary N) is 3. The molecule has 2 rings (SSSR count). The molecule has 0 fully saturated rings. The highest BCUT2D eigenvalue weighted by atomic mass is 32.2. The van der Waals surface area contributed by atoms with Crippen molar-refractivity contribution in [1.29, 1.82) is 0 Å². The second kappa shape index (κ2) is 8.99. The van der Waals surface area contributed by atoms with Gasteiger partial charge in [-0.3, -0.25) is 19.4 Å². The number of anilines is 2. The zero-order valence-corrected chi connectivity index (χ0v) is 14.8. The molecule has 2 aromatic rings. The number of nitrogens with two attached hydrogens (primary N) is 1. The zero-order valence-electron chi connectivity index (χ0n) is 14.0. The van der Waals surface area contributed by atoms with Crippen molar-refractivity contribution in [3.63, 3.8) is 0 Å². The Hall–Kier alpha value is -2.88. The second-order valence-corrected chi connectivity index (χ2v) is 6.20. The number of hydrogen-bond acceptors (Lipinski definition) is 6. The van der Waals surface area contributed by atoms with Gasteiger partial charge in [0.05, 0.1) is 5.75 Å². The van der Waals surface area contributed by atoms with Crippen LogP contribution in [0.25, 0.3) is 0 Å². The molecule has 1 aromatic carbocycles. The summed E-state index contributed by atoms with van der Waals surface area (Å²) in [5.74, 6) is -1.40. The molecule has 26 heavy (non-hydrogen) atoms. The molecule has 0 bridgehead atoms. The lowest BCUT2D eigenvalue weighted by molar-refractivity contribution is -0.118. The number of carbonyl (C=O) groups excluding carboxylic acids is 2. The molecule has 0 aliphatic heterocycles. The predicted molar refractivity (Wildman–Crippen MR) is 97.6 cm³/mol. The normalized spacial score (nSPS) is 10.4. The highest BCUT2D eigenvalue weighted by molar-refractivity contribution is 7.99. The number of nitrogen functional groups attached to an aromatic ring is 1. The number of thioether (sulfide) groups is 1. The molecule has 5 N–H and O–H groups in total. The van der Waals surface area contributed by atoms with E-state index in [1.165, 1.54) is 12.1 Å². The Morgan fingerprint density at radius 1 is 1.31 bits per heavy atom. The third kappa shape index (κ3) is 5.31. The van der Waals surface area contributed by atoms with Gasteiger partial charge in [-0.15, -0.1) is 0 Å². The van der Waals surface area contributed by atoms with Crippen LogP contribution in [-0.4, -0.2) is 34.1 Å². The van der Waals surface area contributed by atoms with Crippen molar-refractivity contribution >= 4 is 35.1 Å². The molecule has 10 heteroatoms. The first-order valence-corrected chi connectivity index (χ1v) is 8.75. The van der Waals surface area contributed by atoms with Gasteiger partial charge in [-0.1, -0.05) is 18.7 Å². The van der Waals surface area contributed by atoms with E-state index in [4.69, 9.17) is 5.73 Å². The Bertz CT molecular complexity index is 854. The Morgan fingerprint density at radius 3 is 2.62 bits per heavy atom. The summed E-state index contributed by atoms with van der Waals surface area (Å²) in [4.78, 5) is 42.2. The van der Waals surface area contributed by atoms with Gasteiger partial charge in [-0.05, 0) is 30.7 Å². The van der Waals surface area contributed by atoms with Crippen molar-refractivity contribution in [1.82, 2.24) is 15.3 Å². The van der Waals surface area contributed by atoms with Gasteiger partial charge in [0.25, 0.3) is 11.5 Å². The molecule has 2 amide bonds. The summed E-state index contributed by atoms with van der Waals surface area (Å²) in [7, 11) is 0. The summed E-state index contributed by atoms with van der Waals surface area (Å²) < 4.78 is 12.9. The van der Waals surface area contributed by atoms with Crippen LogP contribution in [0.3, 0.4) is 0 Å². The number of hydrogen-bond donors (Lipinski definition) is 4. The third-order valence-electron chi connectivity index (χ3n) is 3.18. The molecule has 0 saturated heterocycles. The lowest BCUT2D eigenvalue weighted by Crippen LogP contribution is -2.26. The second-order valence-electron chi connectivity index (χ2n) is 5.23. The van der Waals surface area contributed by atoms with Crippen molar-refractivity contribution in [3.8, 4) is 0 Å². The Balaban J connectivity index is 2.06. The van der Waals surface area contributed by atoms with Crippen LogP contribution < -0.4 is 21.9 Å². The zero-order chi connectivity index (χ0) is 19.1. The van der Waals surface area contributed by atoms with E-state index in [2.05, 4.69) is 20.6 Å². The van der Waals surface area contributed by atoms with E-state index in [9.17, 15) is 18.8 Å². The summed E-state index contributed by atoms with van der Waals surface area (Å²) in [5, 5.41) is 5.22. The molecule has 0 radical (unpaired) electrons. The van der Waals surface area contributed by atoms with Crippen molar-refractivity contribution in [2.75, 3.05) is 23.3 Å². The molecule has 0 aliphatic carbocycles. The van der Waals surface area contributed by atoms with E-state index < -0.39 is 17.3 Å². The van der Waals surface area contributed by atoms with Gasteiger partial charge >= 0.3 is 0 Å². The average Bonchev–Trinajstić information content (AvgIpc) is 2.61. The molecule has 0 atom stereocenters. The number of nitrogens with zero attached hydrogens (tertiary/aromatic N) is 1. The van der Waals surface area contributed by atoms with E-state index in [-0.39, 0.29) is 33.9 Å². The van der Waals surface area contributed by atoms with Crippen molar-refractivity contribution < 1.29 is 14.0 Å². The van der Waals surface area contributed by atoms with Crippen LogP contribution in [0, 0.1) is 5.82 Å². The van der Waals surface area contributed by atoms with Crippen LogP contribution in [0.5, 0.6) is 0 Å². The molecule has 0 spiro atoms. The van der Waals surface area contributed by atoms with Gasteiger partial charge in [-0.25, -0.2) is 9.37 Å². The predicted octanol–water partition coefficient (Wildman–Crippen LogP) is 1.36. The molecule has 1 aromatic heterocycles. The number of benzene rings is 1. The van der Waals surface area contributed by atoms with Gasteiger partial charge in [0.15, 0.2) is 11.0 Å². The Kier molecular flexibility index (Phi) is 6.73. The molecule has 138 valence electrons. The van der Waals surface area contributed by atoms with Crippen LogP contribution in [0.15, 0.2) is 34.2 Å². The summed E-state index contributed by atoms with van der Waals surface area (Å²) in [6, 6.07) is 4.82. The van der Waals surface area contributed by atoms with Crippen LogP contribution in [0.1, 0.15) is 23.7 Å². The van der Waals surface area contributed by atoms with E-state index >= 15 is 0 Å². The number of H-pyrrole nitrogens is 1. The van der Waals surface area contributed by atoms with Gasteiger partial charge < -0.3 is 16.4 Å². The van der Waals surface area contributed by atoms with E-state index in [0.717, 1.165) is 30.3 Å². The van der Waals surface area contributed by atoms with Crippen LogP contribution in [0.4, 0.5) is 15.9 Å². The number of amides is 2. The molecule has 0 saturated carbocycles. The molecular weight excluding hydrogens is 361 g/mol. The number of aromatic amines is 1. The fraction of sp³-hybridized carbons (Fsp3) is 0.250. The van der Waals surface area contributed by atoms with Gasteiger partial charge in [0, 0.05) is 12.1 Å². The van der Waals surface area contributed by atoms with Crippen molar-refractivity contribution in [3.05, 3.63) is 46.0 Å². The van der Waals surface area contributed by atoms with Crippen LogP contribution in [-0.2, 0) is 4.79 Å². The first-order chi connectivity index (χ1) is 12.4. The Morgan fingerprint density at radius 2 is 2.00 bits per heavy atom. The summed E-state index contributed by atoms with van der Waals surface area (Å²) in [6.07, 6.45) is 0.820. The van der Waals surface area contributed by atoms with Crippen molar-refractivity contribution in [2.24, 2.45) is 0 Å². The summed E-state index contributed by atoms with van der Waals surface area (Å²) >= 11 is 1.02. The number of halogens is 1. The maximum absolute atomic E-state index is 12.9. The summed E-state index contributed by atoms with van der Waals surface area (Å²) in [5.41, 5.74) is 5.04. The molecule has 1 heterocycles. The molecule has 0 unspecified atom stereocenters. The van der Waals surface area contributed by atoms with E-state index in [1.807, 2.05) is 6.92 Å². The molecule has 0 aliphatic rings. The maximum atomic E-state index is 12.9. The maximum Gasteiger partial charge on any atom is 0.277 e. The number of carbonyl (C=O) groups is 2. The minimum atomic E-state index is -0.649. The lowest BCUT2D eigenvalue weighted by atomic mass is 10.2. The minimum absolute atomic E-state index is 0.0731. The number of rotatable bonds is 7. The third-order valence-corrected chi connectivity index (χ3v) is 4.06. The van der Waals surface area contributed by atoms with Crippen LogP contribution >= 0.6 is 11.8 Å². The van der Waals surface area contributed by atoms with E-state index in [0.29, 0.717) is 6.54 Å². The average molecular weight is 379 g/mol. The topological polar surface area (TPSA) is 130 Å². The number of aromatic nitrogens is 2. The lowest BCUT2D eigenvalue weighted by Gasteiger charge is -2.08. The first-order valence-electron chi connectivity index (χ1n) is 7.77. The van der Waals surface area contributed by atoms with Crippen LogP contribution in [0.2, 0.25) is 0 Å². The standard InChI is InChI=1S/C16H18FN5O3S/c1-2-7-19-11(23)8-26-16-21-13(18)12(15(25)22-16)20-14(24)9-3-5-10(17)6-4-9/h3-6H,2,7-8H2,1H3,(H,19,23)(H,20,24)(H3,18,21,22,25). The van der Waals surface area contributed by atoms with Crippen molar-refractivity contribution in [2.45, 2.75) is 18.5 Å². The van der Waals surface area contributed by atoms with E-state index in [1.54, 1.807) is 0 Å². The minimum Gasteiger partial charge on any atom is -0.382 e. The fourth-order valence-electron chi connectivity index (χ4n) is 1.89. The monoisotopic (exact) mass is 379 g/mol. The molecular formula is C16H18FN5O3S. The SMILES string of the molecule is CCCNC(=O)CSc1nc(N)c(NC(=O)c2ccc(F)cc2)c(=O)[nH]1. The van der Waals surface area contributed by atoms with Gasteiger partial charge in [0.2, 0.25) is 5.91 Å². The first kappa shape index (κ1) is 19.4. The highest BCUT2D eigenvalue weighted by Gasteiger charge is 2.14. The summed E-state index contributed by atoms with van der Waals surface area (Å²) in [6.45, 7) is 2.51. The smallest absolute Gasteiger partial charge is 0.277 e. The Labute approximate surface area is 152 Å². The quantitative estimate of drug-likeness (QED) is 0.424.